The molecule has 9 nitrogen and oxygen atoms in total. The van der Waals surface area contributed by atoms with Gasteiger partial charge in [-0.3, -0.25) is 9.88 Å². The van der Waals surface area contributed by atoms with Crippen LogP contribution in [0.1, 0.15) is 43.2 Å². The van der Waals surface area contributed by atoms with Gasteiger partial charge in [-0.15, -0.1) is 0 Å². The van der Waals surface area contributed by atoms with Gasteiger partial charge in [0.15, 0.2) is 11.6 Å². The molecule has 4 fully saturated rings. The molecule has 4 aliphatic heterocycles. The van der Waals surface area contributed by atoms with Gasteiger partial charge >= 0.3 is 12.2 Å². The number of fused-ring (bicyclic) bond motifs is 4. The lowest BCUT2D eigenvalue weighted by atomic mass is 9.94. The van der Waals surface area contributed by atoms with E-state index in [1.807, 2.05) is 4.90 Å². The Labute approximate surface area is 267 Å². The Morgan fingerprint density at radius 3 is 2.72 bits per heavy atom. The number of rotatable bonds is 7. The second-order valence-corrected chi connectivity index (χ2v) is 13.3. The Morgan fingerprint density at radius 2 is 1.98 bits per heavy atom. The third-order valence-corrected chi connectivity index (χ3v) is 10.1. The Hall–Kier alpha value is -3.69. The first-order chi connectivity index (χ1) is 22.4. The number of piperazine rings is 1. The number of hydrogen-bond donors (Lipinski definition) is 2. The largest absolute Gasteiger partial charge is 0.461 e. The van der Waals surface area contributed by atoms with Gasteiger partial charge in [0.2, 0.25) is 0 Å². The zero-order valence-electron chi connectivity index (χ0n) is 26.0. The van der Waals surface area contributed by atoms with Crippen molar-refractivity contribution in [3.8, 4) is 17.3 Å². The zero-order chi connectivity index (χ0) is 33.3. The number of ether oxygens (including phenoxy) is 2. The normalized spacial score (nSPS) is 26.9. The predicted octanol–water partition coefficient (Wildman–Crippen LogP) is 5.31. The number of pyridine rings is 1. The summed E-state index contributed by atoms with van der Waals surface area (Å²) >= 11 is 0. The molecule has 7 rings (SSSR count). The van der Waals surface area contributed by atoms with Crippen LogP contribution in [0.15, 0.2) is 24.2 Å². The lowest BCUT2D eigenvalue weighted by Crippen LogP contribution is -2.61. The average Bonchev–Trinajstić information content (AvgIpc) is 3.67. The molecule has 15 heteroatoms. The van der Waals surface area contributed by atoms with E-state index in [2.05, 4.69) is 20.2 Å². The Morgan fingerprint density at radius 1 is 1.17 bits per heavy atom. The van der Waals surface area contributed by atoms with Crippen molar-refractivity contribution in [3.05, 3.63) is 46.9 Å². The SMILES string of the molecule is COCC12CCC(CN(c3nc(OC[C@@]45CCCN4C/C(=C\F)C5)nc4c(F)c(-c5c(F)c(N)cc(C)c5C(F)(F)F)ncc34)C1)N2. The summed E-state index contributed by atoms with van der Waals surface area (Å²) in [7, 11) is 1.61. The molecule has 0 amide bonds. The number of halogens is 6. The van der Waals surface area contributed by atoms with Crippen LogP contribution in [0.3, 0.4) is 0 Å². The maximum Gasteiger partial charge on any atom is 0.417 e. The number of hydrogen-bond acceptors (Lipinski definition) is 9. The van der Waals surface area contributed by atoms with E-state index in [-0.39, 0.29) is 40.9 Å². The maximum atomic E-state index is 16.6. The number of nitrogens with zero attached hydrogens (tertiary/aromatic N) is 5. The Bertz CT molecular complexity index is 1770. The maximum absolute atomic E-state index is 16.6. The highest BCUT2D eigenvalue weighted by Crippen LogP contribution is 2.45. The van der Waals surface area contributed by atoms with Crippen LogP contribution in [0.4, 0.5) is 37.8 Å². The summed E-state index contributed by atoms with van der Waals surface area (Å²) in [5, 5.41) is 3.74. The first kappa shape index (κ1) is 31.9. The molecule has 0 spiro atoms. The minimum Gasteiger partial charge on any atom is -0.461 e. The third-order valence-electron chi connectivity index (χ3n) is 10.1. The lowest BCUT2D eigenvalue weighted by Gasteiger charge is -2.41. The fraction of sp³-hybridized carbons (Fsp3) is 0.531. The molecule has 0 radical (unpaired) electrons. The molecular formula is C32H35F6N7O2. The molecule has 252 valence electrons. The molecule has 6 heterocycles. The first-order valence-electron chi connectivity index (χ1n) is 15.6. The topological polar surface area (TPSA) is 102 Å². The third kappa shape index (κ3) is 5.35. The van der Waals surface area contributed by atoms with Gasteiger partial charge in [0, 0.05) is 39.0 Å². The van der Waals surface area contributed by atoms with Crippen molar-refractivity contribution in [3.63, 3.8) is 0 Å². The van der Waals surface area contributed by atoms with E-state index in [4.69, 9.17) is 20.2 Å². The van der Waals surface area contributed by atoms with Gasteiger partial charge in [0.05, 0.1) is 46.2 Å². The van der Waals surface area contributed by atoms with E-state index >= 15 is 8.78 Å². The number of methoxy groups -OCH3 is 1. The minimum atomic E-state index is -5.03. The lowest BCUT2D eigenvalue weighted by molar-refractivity contribution is -0.137. The van der Waals surface area contributed by atoms with Gasteiger partial charge < -0.3 is 25.4 Å². The zero-order valence-corrected chi connectivity index (χ0v) is 26.0. The van der Waals surface area contributed by atoms with Crippen LogP contribution in [0.25, 0.3) is 22.2 Å². The molecule has 2 aromatic heterocycles. The number of nitrogens with one attached hydrogen (secondary N) is 1. The van der Waals surface area contributed by atoms with Gasteiger partial charge in [0.25, 0.3) is 0 Å². The first-order valence-corrected chi connectivity index (χ1v) is 15.6. The highest BCUT2D eigenvalue weighted by molar-refractivity contribution is 5.92. The summed E-state index contributed by atoms with van der Waals surface area (Å²) < 4.78 is 100.0. The molecule has 3 N–H and O–H groups in total. The van der Waals surface area contributed by atoms with Gasteiger partial charge in [0.1, 0.15) is 23.6 Å². The monoisotopic (exact) mass is 663 g/mol. The van der Waals surface area contributed by atoms with Crippen LogP contribution in [-0.4, -0.2) is 83.5 Å². The van der Waals surface area contributed by atoms with Gasteiger partial charge in [-0.2, -0.15) is 23.1 Å². The summed E-state index contributed by atoms with van der Waals surface area (Å²) in [6.07, 6.45) is 0.577. The van der Waals surface area contributed by atoms with Gasteiger partial charge in [-0.1, -0.05) is 0 Å². The molecule has 0 saturated carbocycles. The quantitative estimate of drug-likeness (QED) is 0.258. The van der Waals surface area contributed by atoms with Crippen molar-refractivity contribution >= 4 is 22.4 Å². The second kappa shape index (κ2) is 11.5. The smallest absolute Gasteiger partial charge is 0.417 e. The van der Waals surface area contributed by atoms with Crippen LogP contribution in [0.5, 0.6) is 6.01 Å². The van der Waals surface area contributed by atoms with Gasteiger partial charge in [-0.25, -0.2) is 13.2 Å². The van der Waals surface area contributed by atoms with E-state index in [0.717, 1.165) is 45.2 Å². The summed E-state index contributed by atoms with van der Waals surface area (Å²) in [5.74, 6) is -2.41. The van der Waals surface area contributed by atoms with E-state index in [9.17, 15) is 17.6 Å². The molecule has 2 bridgehead atoms. The number of nitrogens with two attached hydrogens (primary N) is 1. The highest BCUT2D eigenvalue weighted by atomic mass is 19.4. The number of alkyl halides is 3. The van der Waals surface area contributed by atoms with Crippen molar-refractivity contribution in [2.24, 2.45) is 0 Å². The van der Waals surface area contributed by atoms with E-state index < -0.39 is 51.4 Å². The molecular weight excluding hydrogens is 628 g/mol. The van der Waals surface area contributed by atoms with Crippen molar-refractivity contribution in [1.29, 1.82) is 0 Å². The van der Waals surface area contributed by atoms with Crippen LogP contribution < -0.4 is 20.7 Å². The van der Waals surface area contributed by atoms with Crippen LogP contribution >= 0.6 is 0 Å². The number of nitrogen functional groups attached to an aromatic ring is 1. The van der Waals surface area contributed by atoms with E-state index in [0.29, 0.717) is 44.6 Å². The standard InChI is InChI=1S/C32H35F6N7O2/c1-17-8-21(39)24(34)22(23(17)32(36,37)38)27-25(35)26-20(11-40-27)28(44-13-19-4-6-30(14-44,43-19)15-46-2)42-29(41-26)47-16-31-5-3-7-45(31)12-18(9-31)10-33/h8,10-11,19,43H,3-7,9,12-16,39H2,1-2H3/b18-10-/t19?,30?,31-/m0/s1. The van der Waals surface area contributed by atoms with Crippen LogP contribution in [0.2, 0.25) is 0 Å². The molecule has 47 heavy (non-hydrogen) atoms. The number of aryl methyl sites for hydroxylation is 1. The van der Waals surface area contributed by atoms with E-state index in [1.165, 1.54) is 6.20 Å². The Kier molecular flexibility index (Phi) is 7.79. The van der Waals surface area contributed by atoms with E-state index in [1.54, 1.807) is 7.11 Å². The molecule has 4 saturated heterocycles. The Balaban J connectivity index is 1.37. The fourth-order valence-corrected chi connectivity index (χ4v) is 8.14. The average molecular weight is 664 g/mol. The molecule has 4 aliphatic rings. The number of anilines is 2. The molecule has 1 aromatic carbocycles. The van der Waals surface area contributed by atoms with Crippen molar-refractivity contribution in [2.75, 3.05) is 57.1 Å². The summed E-state index contributed by atoms with van der Waals surface area (Å²) in [6, 6.07) is 0.744. The van der Waals surface area contributed by atoms with Crippen molar-refractivity contribution in [2.45, 2.75) is 62.3 Å². The predicted molar refractivity (Wildman–Crippen MR) is 163 cm³/mol. The van der Waals surface area contributed by atoms with Gasteiger partial charge in [-0.05, 0) is 62.8 Å². The summed E-state index contributed by atoms with van der Waals surface area (Å²) in [4.78, 5) is 17.2. The van der Waals surface area contributed by atoms with Crippen LogP contribution in [-0.2, 0) is 10.9 Å². The van der Waals surface area contributed by atoms with Crippen molar-refractivity contribution < 1.29 is 35.8 Å². The van der Waals surface area contributed by atoms with Crippen molar-refractivity contribution in [1.82, 2.24) is 25.2 Å². The van der Waals surface area contributed by atoms with Crippen LogP contribution in [0, 0.1) is 18.6 Å². The molecule has 2 unspecified atom stereocenters. The number of benzene rings is 1. The summed E-state index contributed by atoms with van der Waals surface area (Å²) in [6.45, 7) is 3.82. The highest BCUT2D eigenvalue weighted by Gasteiger charge is 2.48. The molecule has 3 aromatic rings. The molecule has 0 aliphatic carbocycles. The fourth-order valence-electron chi connectivity index (χ4n) is 8.14. The molecule has 3 atom stereocenters. The summed E-state index contributed by atoms with van der Waals surface area (Å²) in [5.41, 5.74) is 0.824. The number of aromatic nitrogens is 3. The second-order valence-electron chi connectivity index (χ2n) is 13.3. The minimum absolute atomic E-state index is 0.0828.